The van der Waals surface area contributed by atoms with Gasteiger partial charge in [0.15, 0.2) is 6.10 Å². The van der Waals surface area contributed by atoms with Gasteiger partial charge in [-0.2, -0.15) is 0 Å². The van der Waals surface area contributed by atoms with Crippen LogP contribution in [-0.2, 0) is 19.1 Å². The number of amides is 4. The van der Waals surface area contributed by atoms with Crippen molar-refractivity contribution in [2.45, 2.75) is 65.0 Å². The Morgan fingerprint density at radius 1 is 1.17 bits per heavy atom. The van der Waals surface area contributed by atoms with Crippen molar-refractivity contribution in [1.29, 1.82) is 0 Å². The molecule has 0 spiro atoms. The lowest BCUT2D eigenvalue weighted by Gasteiger charge is -2.20. The second-order valence-corrected chi connectivity index (χ2v) is 8.15. The normalized spacial score (nSPS) is 20.2. The van der Waals surface area contributed by atoms with Gasteiger partial charge in [0.25, 0.3) is 5.91 Å². The standard InChI is InChI=1S/C22H29N3O5/c1-13-7-6-10-18(14(13)2)25-12-16(11-19(25)26)21(28)30-15(3)20(27)24-22(29)23-17-8-4-5-9-17/h6-7,10,15-17H,4-5,8-9,11-12H2,1-3H3,(H2,23,24,27,29)/t15-,16-/m1/s1. The number of aryl methyl sites for hydroxylation is 1. The number of nitrogens with zero attached hydrogens (tertiary/aromatic N) is 1. The van der Waals surface area contributed by atoms with E-state index >= 15 is 0 Å². The highest BCUT2D eigenvalue weighted by Crippen LogP contribution is 2.30. The number of benzene rings is 1. The number of ether oxygens (including phenoxy) is 1. The maximum Gasteiger partial charge on any atom is 0.321 e. The fourth-order valence-corrected chi connectivity index (χ4v) is 3.96. The number of urea groups is 1. The third-order valence-corrected chi connectivity index (χ3v) is 5.91. The minimum Gasteiger partial charge on any atom is -0.452 e. The SMILES string of the molecule is Cc1cccc(N2C[C@H](C(=O)O[C@H](C)C(=O)NC(=O)NC3CCCC3)CC2=O)c1C. The van der Waals surface area contributed by atoms with Crippen molar-refractivity contribution < 1.29 is 23.9 Å². The molecule has 0 unspecified atom stereocenters. The molecule has 2 atom stereocenters. The Morgan fingerprint density at radius 2 is 1.87 bits per heavy atom. The molecule has 0 bridgehead atoms. The van der Waals surface area contributed by atoms with E-state index < -0.39 is 29.9 Å². The largest absolute Gasteiger partial charge is 0.452 e. The van der Waals surface area contributed by atoms with Gasteiger partial charge in [-0.15, -0.1) is 0 Å². The molecule has 8 heteroatoms. The van der Waals surface area contributed by atoms with Crippen LogP contribution in [-0.4, -0.2) is 42.5 Å². The Kier molecular flexibility index (Phi) is 6.74. The lowest BCUT2D eigenvalue weighted by molar-refractivity contribution is -0.158. The molecule has 1 saturated heterocycles. The monoisotopic (exact) mass is 415 g/mol. The molecule has 1 aromatic carbocycles. The summed E-state index contributed by atoms with van der Waals surface area (Å²) < 4.78 is 5.24. The van der Waals surface area contributed by atoms with E-state index in [2.05, 4.69) is 10.6 Å². The number of anilines is 1. The second-order valence-electron chi connectivity index (χ2n) is 8.15. The predicted octanol–water partition coefficient (Wildman–Crippen LogP) is 2.36. The highest BCUT2D eigenvalue weighted by molar-refractivity contribution is 6.01. The summed E-state index contributed by atoms with van der Waals surface area (Å²) in [6.07, 6.45) is 2.83. The van der Waals surface area contributed by atoms with E-state index in [4.69, 9.17) is 4.74 Å². The number of imide groups is 1. The van der Waals surface area contributed by atoms with E-state index in [1.807, 2.05) is 32.0 Å². The lowest BCUT2D eigenvalue weighted by atomic mass is 10.1. The molecule has 30 heavy (non-hydrogen) atoms. The molecule has 1 heterocycles. The van der Waals surface area contributed by atoms with Crippen LogP contribution in [0.4, 0.5) is 10.5 Å². The third kappa shape index (κ3) is 4.98. The highest BCUT2D eigenvalue weighted by Gasteiger charge is 2.38. The lowest BCUT2D eigenvalue weighted by Crippen LogP contribution is -2.47. The van der Waals surface area contributed by atoms with Crippen molar-refractivity contribution in [2.75, 3.05) is 11.4 Å². The molecule has 3 rings (SSSR count). The van der Waals surface area contributed by atoms with E-state index in [9.17, 15) is 19.2 Å². The summed E-state index contributed by atoms with van der Waals surface area (Å²) in [5, 5.41) is 4.97. The van der Waals surface area contributed by atoms with Gasteiger partial charge in [-0.3, -0.25) is 19.7 Å². The first-order chi connectivity index (χ1) is 14.3. The fraction of sp³-hybridized carbons (Fsp3) is 0.545. The number of nitrogens with one attached hydrogen (secondary N) is 2. The highest BCUT2D eigenvalue weighted by atomic mass is 16.5. The molecule has 4 amide bonds. The number of carbonyl (C=O) groups excluding carboxylic acids is 4. The van der Waals surface area contributed by atoms with Gasteiger partial charge < -0.3 is 15.0 Å². The van der Waals surface area contributed by atoms with Crippen LogP contribution >= 0.6 is 0 Å². The molecule has 2 fully saturated rings. The summed E-state index contributed by atoms with van der Waals surface area (Å²) in [4.78, 5) is 50.7. The number of hydrogen-bond acceptors (Lipinski definition) is 5. The molecule has 1 saturated carbocycles. The molecule has 1 aliphatic heterocycles. The first-order valence-electron chi connectivity index (χ1n) is 10.4. The Bertz CT molecular complexity index is 847. The zero-order valence-electron chi connectivity index (χ0n) is 17.7. The van der Waals surface area contributed by atoms with E-state index in [-0.39, 0.29) is 24.9 Å². The molecule has 162 valence electrons. The van der Waals surface area contributed by atoms with Crippen LogP contribution in [0, 0.1) is 19.8 Å². The zero-order chi connectivity index (χ0) is 21.8. The van der Waals surface area contributed by atoms with Crippen LogP contribution in [0.3, 0.4) is 0 Å². The molecular weight excluding hydrogens is 386 g/mol. The Balaban J connectivity index is 1.52. The first kappa shape index (κ1) is 21.8. The third-order valence-electron chi connectivity index (χ3n) is 5.91. The van der Waals surface area contributed by atoms with E-state index in [1.165, 1.54) is 6.92 Å². The molecule has 1 aliphatic carbocycles. The van der Waals surface area contributed by atoms with Crippen molar-refractivity contribution >= 4 is 29.5 Å². The van der Waals surface area contributed by atoms with Crippen LogP contribution in [0.5, 0.6) is 0 Å². The smallest absolute Gasteiger partial charge is 0.321 e. The van der Waals surface area contributed by atoms with Gasteiger partial charge in [-0.1, -0.05) is 25.0 Å². The topological polar surface area (TPSA) is 105 Å². The van der Waals surface area contributed by atoms with Crippen LogP contribution in [0.1, 0.15) is 50.2 Å². The fourth-order valence-electron chi connectivity index (χ4n) is 3.96. The summed E-state index contributed by atoms with van der Waals surface area (Å²) >= 11 is 0. The summed E-state index contributed by atoms with van der Waals surface area (Å²) in [6.45, 7) is 5.52. The van der Waals surface area contributed by atoms with Crippen LogP contribution in [0.15, 0.2) is 18.2 Å². The van der Waals surface area contributed by atoms with Crippen molar-refractivity contribution in [3.63, 3.8) is 0 Å². The molecule has 1 aromatic rings. The minimum absolute atomic E-state index is 0.0305. The van der Waals surface area contributed by atoms with Gasteiger partial charge in [-0.05, 0) is 50.8 Å². The van der Waals surface area contributed by atoms with Gasteiger partial charge in [0, 0.05) is 24.7 Å². The number of carbonyl (C=O) groups is 4. The van der Waals surface area contributed by atoms with Gasteiger partial charge in [0.2, 0.25) is 5.91 Å². The van der Waals surface area contributed by atoms with Crippen molar-refractivity contribution in [1.82, 2.24) is 10.6 Å². The number of esters is 1. The van der Waals surface area contributed by atoms with Crippen molar-refractivity contribution in [2.24, 2.45) is 5.92 Å². The Labute approximate surface area is 176 Å². The Hall–Kier alpha value is -2.90. The van der Waals surface area contributed by atoms with Crippen LogP contribution in [0.2, 0.25) is 0 Å². The summed E-state index contributed by atoms with van der Waals surface area (Å²) in [7, 11) is 0. The quantitative estimate of drug-likeness (QED) is 0.719. The molecule has 2 aliphatic rings. The zero-order valence-corrected chi connectivity index (χ0v) is 17.7. The van der Waals surface area contributed by atoms with Gasteiger partial charge >= 0.3 is 12.0 Å². The van der Waals surface area contributed by atoms with Gasteiger partial charge in [-0.25, -0.2) is 4.79 Å². The first-order valence-corrected chi connectivity index (χ1v) is 10.4. The van der Waals surface area contributed by atoms with Crippen molar-refractivity contribution in [3.8, 4) is 0 Å². The van der Waals surface area contributed by atoms with E-state index in [1.54, 1.807) is 4.90 Å². The molecule has 8 nitrogen and oxygen atoms in total. The van der Waals surface area contributed by atoms with Crippen LogP contribution in [0.25, 0.3) is 0 Å². The maximum atomic E-state index is 12.5. The summed E-state index contributed by atoms with van der Waals surface area (Å²) in [5.74, 6) is -2.11. The van der Waals surface area contributed by atoms with E-state index in [0.29, 0.717) is 0 Å². The number of hydrogen-bond donors (Lipinski definition) is 2. The summed E-state index contributed by atoms with van der Waals surface area (Å²) in [6, 6.07) is 5.20. The predicted molar refractivity (Wildman–Crippen MR) is 111 cm³/mol. The molecule has 0 aromatic heterocycles. The average molecular weight is 415 g/mol. The van der Waals surface area contributed by atoms with Gasteiger partial charge in [0.05, 0.1) is 5.92 Å². The minimum atomic E-state index is -1.13. The molecular formula is C22H29N3O5. The van der Waals surface area contributed by atoms with E-state index in [0.717, 1.165) is 42.5 Å². The Morgan fingerprint density at radius 3 is 2.57 bits per heavy atom. The molecule has 2 N–H and O–H groups in total. The van der Waals surface area contributed by atoms with Gasteiger partial charge in [0.1, 0.15) is 0 Å². The average Bonchev–Trinajstić information content (AvgIpc) is 3.33. The molecule has 0 radical (unpaired) electrons. The second kappa shape index (κ2) is 9.28. The van der Waals surface area contributed by atoms with Crippen LogP contribution < -0.4 is 15.5 Å². The van der Waals surface area contributed by atoms with Crippen molar-refractivity contribution in [3.05, 3.63) is 29.3 Å². The number of rotatable bonds is 5. The maximum absolute atomic E-state index is 12.5. The summed E-state index contributed by atoms with van der Waals surface area (Å²) in [5.41, 5.74) is 2.83.